The van der Waals surface area contributed by atoms with Crippen molar-refractivity contribution in [2.75, 3.05) is 11.9 Å². The topological polar surface area (TPSA) is 52.0 Å². The molecule has 0 aliphatic carbocycles. The van der Waals surface area contributed by atoms with Crippen molar-refractivity contribution in [1.82, 2.24) is 14.8 Å². The minimum Gasteiger partial charge on any atom is -0.453 e. The third-order valence-electron chi connectivity index (χ3n) is 2.75. The Morgan fingerprint density at radius 2 is 2.17 bits per heavy atom. The zero-order valence-corrected chi connectivity index (χ0v) is 11.2. The van der Waals surface area contributed by atoms with Gasteiger partial charge in [-0.15, -0.1) is 0 Å². The van der Waals surface area contributed by atoms with Gasteiger partial charge in [-0.1, -0.05) is 0 Å². The quantitative estimate of drug-likeness (QED) is 0.901. The summed E-state index contributed by atoms with van der Waals surface area (Å²) in [6, 6.07) is 3.72. The van der Waals surface area contributed by atoms with Gasteiger partial charge in [-0.2, -0.15) is 5.10 Å². The first-order chi connectivity index (χ1) is 8.61. The first-order valence-corrected chi connectivity index (χ1v) is 5.99. The van der Waals surface area contributed by atoms with E-state index in [0.29, 0.717) is 0 Å². The minimum absolute atomic E-state index is 0.764. The number of nitrogens with zero attached hydrogens (tertiary/aromatic N) is 3. The van der Waals surface area contributed by atoms with Gasteiger partial charge < -0.3 is 10.1 Å². The molecule has 2 heterocycles. The second-order valence-electron chi connectivity index (χ2n) is 4.13. The normalized spacial score (nSPS) is 10.4. The van der Waals surface area contributed by atoms with Gasteiger partial charge in [-0.25, -0.2) is 4.98 Å². The van der Waals surface area contributed by atoms with Crippen LogP contribution in [0, 0.1) is 13.8 Å². The smallest absolute Gasteiger partial charge is 0.171 e. The van der Waals surface area contributed by atoms with Gasteiger partial charge in [0.05, 0.1) is 5.69 Å². The highest BCUT2D eigenvalue weighted by atomic mass is 16.5. The monoisotopic (exact) mass is 246 g/mol. The van der Waals surface area contributed by atoms with Crippen molar-refractivity contribution in [3.63, 3.8) is 0 Å². The van der Waals surface area contributed by atoms with E-state index < -0.39 is 0 Å². The minimum atomic E-state index is 0.764. The van der Waals surface area contributed by atoms with Crippen LogP contribution in [0.1, 0.15) is 18.3 Å². The lowest BCUT2D eigenvalue weighted by Crippen LogP contribution is -1.99. The van der Waals surface area contributed by atoms with Gasteiger partial charge in [0.15, 0.2) is 5.75 Å². The number of nitrogens with one attached hydrogen (secondary N) is 1. The Bertz CT molecular complexity index is 548. The van der Waals surface area contributed by atoms with E-state index in [4.69, 9.17) is 4.74 Å². The highest BCUT2D eigenvalue weighted by Gasteiger charge is 2.11. The molecule has 2 rings (SSSR count). The zero-order valence-electron chi connectivity index (χ0n) is 11.2. The molecule has 0 saturated heterocycles. The molecule has 0 saturated carbocycles. The van der Waals surface area contributed by atoms with Crippen LogP contribution in [-0.4, -0.2) is 21.3 Å². The lowest BCUT2D eigenvalue weighted by Gasteiger charge is -2.08. The Morgan fingerprint density at radius 3 is 2.78 bits per heavy atom. The molecule has 5 nitrogen and oxygen atoms in total. The number of anilines is 1. The molecule has 0 aliphatic rings. The van der Waals surface area contributed by atoms with Gasteiger partial charge in [0.2, 0.25) is 0 Å². The molecule has 96 valence electrons. The van der Waals surface area contributed by atoms with Gasteiger partial charge >= 0.3 is 0 Å². The van der Waals surface area contributed by atoms with Gasteiger partial charge in [0.25, 0.3) is 0 Å². The Balaban J connectivity index is 2.25. The first kappa shape index (κ1) is 12.4. The summed E-state index contributed by atoms with van der Waals surface area (Å²) in [5.41, 5.74) is 1.89. The van der Waals surface area contributed by atoms with Gasteiger partial charge in [-0.3, -0.25) is 4.68 Å². The average Bonchev–Trinajstić information content (AvgIpc) is 2.57. The van der Waals surface area contributed by atoms with E-state index in [1.807, 2.05) is 44.6 Å². The highest BCUT2D eigenvalue weighted by Crippen LogP contribution is 2.28. The molecule has 18 heavy (non-hydrogen) atoms. The second kappa shape index (κ2) is 5.08. The van der Waals surface area contributed by atoms with E-state index in [1.54, 1.807) is 6.20 Å². The van der Waals surface area contributed by atoms with Crippen molar-refractivity contribution in [3.8, 4) is 11.5 Å². The Kier molecular flexibility index (Phi) is 3.50. The molecule has 0 atom stereocenters. The molecule has 0 unspecified atom stereocenters. The molecule has 2 aromatic rings. The Morgan fingerprint density at radius 1 is 1.39 bits per heavy atom. The Labute approximate surface area is 107 Å². The van der Waals surface area contributed by atoms with E-state index in [2.05, 4.69) is 15.4 Å². The predicted octanol–water partition coefficient (Wildman–Crippen LogP) is 2.66. The summed E-state index contributed by atoms with van der Waals surface area (Å²) in [6.45, 7) is 6.79. The maximum absolute atomic E-state index is 5.88. The number of hydrogen-bond donors (Lipinski definition) is 1. The van der Waals surface area contributed by atoms with Crippen LogP contribution in [0.4, 0.5) is 5.82 Å². The summed E-state index contributed by atoms with van der Waals surface area (Å²) in [7, 11) is 1.91. The molecule has 0 bridgehead atoms. The lowest BCUT2D eigenvalue weighted by atomic mass is 10.3. The van der Waals surface area contributed by atoms with Crippen LogP contribution in [0.25, 0.3) is 0 Å². The number of pyridine rings is 1. The van der Waals surface area contributed by atoms with E-state index in [1.165, 1.54) is 0 Å². The fourth-order valence-electron chi connectivity index (χ4n) is 1.77. The second-order valence-corrected chi connectivity index (χ2v) is 4.13. The third-order valence-corrected chi connectivity index (χ3v) is 2.75. The molecule has 0 amide bonds. The van der Waals surface area contributed by atoms with Crippen molar-refractivity contribution in [3.05, 3.63) is 29.7 Å². The number of ether oxygens (including phenoxy) is 1. The lowest BCUT2D eigenvalue weighted by molar-refractivity contribution is 0.473. The van der Waals surface area contributed by atoms with Crippen LogP contribution >= 0.6 is 0 Å². The third kappa shape index (κ3) is 2.45. The van der Waals surface area contributed by atoms with Crippen LogP contribution in [0.2, 0.25) is 0 Å². The summed E-state index contributed by atoms with van der Waals surface area (Å²) in [6.07, 6.45) is 1.73. The van der Waals surface area contributed by atoms with Crippen molar-refractivity contribution in [2.24, 2.45) is 7.05 Å². The molecule has 2 aromatic heterocycles. The molecule has 0 fully saturated rings. The summed E-state index contributed by atoms with van der Waals surface area (Å²) in [4.78, 5) is 4.21. The van der Waals surface area contributed by atoms with Crippen LogP contribution in [0.5, 0.6) is 11.5 Å². The summed E-state index contributed by atoms with van der Waals surface area (Å²) in [5.74, 6) is 2.39. The van der Waals surface area contributed by atoms with Crippen molar-refractivity contribution < 1.29 is 4.74 Å². The van der Waals surface area contributed by atoms with Crippen molar-refractivity contribution in [2.45, 2.75) is 20.8 Å². The van der Waals surface area contributed by atoms with Gasteiger partial charge in [0.1, 0.15) is 17.3 Å². The molecule has 1 N–H and O–H groups in total. The summed E-state index contributed by atoms with van der Waals surface area (Å²) < 4.78 is 7.70. The highest BCUT2D eigenvalue weighted by molar-refractivity contribution is 5.43. The maximum atomic E-state index is 5.88. The van der Waals surface area contributed by atoms with E-state index >= 15 is 0 Å². The van der Waals surface area contributed by atoms with Crippen LogP contribution in [-0.2, 0) is 7.05 Å². The number of aromatic nitrogens is 3. The van der Waals surface area contributed by atoms with Crippen LogP contribution in [0.3, 0.4) is 0 Å². The molecule has 0 radical (unpaired) electrons. The zero-order chi connectivity index (χ0) is 13.1. The molecule has 0 aromatic carbocycles. The van der Waals surface area contributed by atoms with E-state index in [0.717, 1.165) is 35.2 Å². The number of hydrogen-bond acceptors (Lipinski definition) is 4. The van der Waals surface area contributed by atoms with Crippen LogP contribution in [0.15, 0.2) is 18.3 Å². The molecular formula is C13H18N4O. The molecule has 0 spiro atoms. The summed E-state index contributed by atoms with van der Waals surface area (Å²) >= 11 is 0. The fourth-order valence-corrected chi connectivity index (χ4v) is 1.77. The molecule has 5 heteroatoms. The maximum Gasteiger partial charge on any atom is 0.171 e. The van der Waals surface area contributed by atoms with Crippen molar-refractivity contribution >= 4 is 5.82 Å². The van der Waals surface area contributed by atoms with Crippen LogP contribution < -0.4 is 10.1 Å². The summed E-state index contributed by atoms with van der Waals surface area (Å²) in [5, 5.41) is 7.48. The van der Waals surface area contributed by atoms with Gasteiger partial charge in [-0.05, 0) is 26.8 Å². The Hall–Kier alpha value is -2.04. The predicted molar refractivity (Wildman–Crippen MR) is 71.2 cm³/mol. The largest absolute Gasteiger partial charge is 0.453 e. The molecule has 0 aliphatic heterocycles. The standard InChI is InChI=1S/C13H18N4O/c1-5-14-12-8-11(6-7-15-12)18-13-9(2)16-17(4)10(13)3/h6-8H,5H2,1-4H3,(H,14,15). The fraction of sp³-hybridized carbons (Fsp3) is 0.385. The first-order valence-electron chi connectivity index (χ1n) is 5.99. The van der Waals surface area contributed by atoms with Crippen molar-refractivity contribution in [1.29, 1.82) is 0 Å². The molecular weight excluding hydrogens is 228 g/mol. The van der Waals surface area contributed by atoms with E-state index in [-0.39, 0.29) is 0 Å². The average molecular weight is 246 g/mol. The number of rotatable bonds is 4. The van der Waals surface area contributed by atoms with Gasteiger partial charge in [0, 0.05) is 25.9 Å². The van der Waals surface area contributed by atoms with E-state index in [9.17, 15) is 0 Å². The number of aryl methyl sites for hydroxylation is 2. The SMILES string of the molecule is CCNc1cc(Oc2c(C)nn(C)c2C)ccn1.